The minimum Gasteiger partial charge on any atom is -0.490 e. The van der Waals surface area contributed by atoms with Crippen molar-refractivity contribution in [2.24, 2.45) is 4.99 Å². The fourth-order valence-corrected chi connectivity index (χ4v) is 2.95. The Labute approximate surface area is 176 Å². The van der Waals surface area contributed by atoms with E-state index in [0.717, 1.165) is 0 Å². The van der Waals surface area contributed by atoms with Crippen LogP contribution in [0.3, 0.4) is 0 Å². The maximum Gasteiger partial charge on any atom is 0.191 e. The standard InChI is InChI=1S/C15H23Cl2N3O3S.HI/c1-11(7-10-24(3,21)22)20-15(18-2)19-8-9-23-13-6-4-5-12(16)14(13)17;/h4-6,11H,7-10H2,1-3H3,(H2,18,19,20);1H. The SMILES string of the molecule is CN=C(NCCOc1cccc(Cl)c1Cl)NC(C)CCS(C)(=O)=O.I. The lowest BCUT2D eigenvalue weighted by molar-refractivity contribution is 0.322. The third-order valence-electron chi connectivity index (χ3n) is 3.10. The van der Waals surface area contributed by atoms with E-state index in [-0.39, 0.29) is 35.8 Å². The molecule has 1 aromatic rings. The molecule has 0 saturated carbocycles. The van der Waals surface area contributed by atoms with Crippen LogP contribution >= 0.6 is 47.2 Å². The van der Waals surface area contributed by atoms with Gasteiger partial charge >= 0.3 is 0 Å². The highest BCUT2D eigenvalue weighted by molar-refractivity contribution is 14.0. The lowest BCUT2D eigenvalue weighted by atomic mass is 10.3. The first kappa shape index (κ1) is 24.6. The lowest BCUT2D eigenvalue weighted by Crippen LogP contribution is -2.44. The van der Waals surface area contributed by atoms with Crippen molar-refractivity contribution in [2.75, 3.05) is 32.2 Å². The zero-order chi connectivity index (χ0) is 18.2. The van der Waals surface area contributed by atoms with Crippen LogP contribution in [0, 0.1) is 0 Å². The van der Waals surface area contributed by atoms with Crippen LogP contribution < -0.4 is 15.4 Å². The van der Waals surface area contributed by atoms with Crippen molar-refractivity contribution >= 4 is 63.0 Å². The van der Waals surface area contributed by atoms with Gasteiger partial charge in [-0.3, -0.25) is 4.99 Å². The Morgan fingerprint density at radius 2 is 2.04 bits per heavy atom. The smallest absolute Gasteiger partial charge is 0.191 e. The summed E-state index contributed by atoms with van der Waals surface area (Å²) in [7, 11) is -1.32. The maximum atomic E-state index is 11.2. The van der Waals surface area contributed by atoms with Crippen LogP contribution in [-0.4, -0.2) is 52.6 Å². The fourth-order valence-electron chi connectivity index (χ4n) is 1.82. The van der Waals surface area contributed by atoms with E-state index in [1.165, 1.54) is 6.26 Å². The number of rotatable bonds is 8. The van der Waals surface area contributed by atoms with Crippen molar-refractivity contribution in [3.63, 3.8) is 0 Å². The molecule has 0 saturated heterocycles. The molecule has 1 rings (SSSR count). The highest BCUT2D eigenvalue weighted by Crippen LogP contribution is 2.31. The Hall–Kier alpha value is -0.450. The van der Waals surface area contributed by atoms with Gasteiger partial charge in [0.15, 0.2) is 5.96 Å². The molecule has 0 aromatic heterocycles. The number of hydrogen-bond acceptors (Lipinski definition) is 4. The first-order chi connectivity index (χ1) is 11.2. The molecular weight excluding hydrogens is 500 g/mol. The number of aliphatic imine (C=N–C) groups is 1. The first-order valence-corrected chi connectivity index (χ1v) is 10.3. The van der Waals surface area contributed by atoms with Gasteiger partial charge in [-0.15, -0.1) is 24.0 Å². The summed E-state index contributed by atoms with van der Waals surface area (Å²) in [4.78, 5) is 4.09. The number of benzene rings is 1. The van der Waals surface area contributed by atoms with Crippen LogP contribution in [0.25, 0.3) is 0 Å². The number of ether oxygens (including phenoxy) is 1. The number of halogens is 3. The molecule has 1 unspecified atom stereocenters. The molecule has 144 valence electrons. The Balaban J connectivity index is 0.00000576. The molecule has 0 aliphatic heterocycles. The monoisotopic (exact) mass is 523 g/mol. The van der Waals surface area contributed by atoms with E-state index in [1.807, 2.05) is 6.92 Å². The molecule has 1 aromatic carbocycles. The minimum absolute atomic E-state index is 0. The average Bonchev–Trinajstić information content (AvgIpc) is 2.51. The van der Waals surface area contributed by atoms with Gasteiger partial charge in [0.2, 0.25) is 0 Å². The molecule has 10 heteroatoms. The summed E-state index contributed by atoms with van der Waals surface area (Å²) in [6, 6.07) is 5.18. The van der Waals surface area contributed by atoms with Crippen molar-refractivity contribution in [1.82, 2.24) is 10.6 Å². The van der Waals surface area contributed by atoms with Gasteiger partial charge in [-0.05, 0) is 25.5 Å². The summed E-state index contributed by atoms with van der Waals surface area (Å²) >= 11 is 12.0. The van der Waals surface area contributed by atoms with E-state index in [1.54, 1.807) is 25.2 Å². The quantitative estimate of drug-likeness (QED) is 0.237. The second-order valence-electron chi connectivity index (χ2n) is 5.36. The normalized spacial score (nSPS) is 12.9. The van der Waals surface area contributed by atoms with E-state index in [0.29, 0.717) is 41.3 Å². The van der Waals surface area contributed by atoms with Crippen molar-refractivity contribution in [2.45, 2.75) is 19.4 Å². The van der Waals surface area contributed by atoms with Gasteiger partial charge < -0.3 is 15.4 Å². The summed E-state index contributed by atoms with van der Waals surface area (Å²) in [6.45, 7) is 2.78. The molecule has 0 radical (unpaired) electrons. The number of hydrogen-bond donors (Lipinski definition) is 2. The summed E-state index contributed by atoms with van der Waals surface area (Å²) < 4.78 is 27.9. The van der Waals surface area contributed by atoms with Crippen molar-refractivity contribution in [3.8, 4) is 5.75 Å². The third-order valence-corrected chi connectivity index (χ3v) is 4.88. The average molecular weight is 524 g/mol. The molecule has 0 fully saturated rings. The van der Waals surface area contributed by atoms with Crippen molar-refractivity contribution < 1.29 is 13.2 Å². The Kier molecular flexibility index (Phi) is 11.8. The summed E-state index contributed by atoms with van der Waals surface area (Å²) in [6.07, 6.45) is 1.74. The van der Waals surface area contributed by atoms with Crippen LogP contribution in [0.2, 0.25) is 10.0 Å². The van der Waals surface area contributed by atoms with E-state index in [4.69, 9.17) is 27.9 Å². The number of nitrogens with one attached hydrogen (secondary N) is 2. The predicted octanol–water partition coefficient (Wildman–Crippen LogP) is 2.98. The second kappa shape index (κ2) is 12.0. The van der Waals surface area contributed by atoms with Gasteiger partial charge in [-0.2, -0.15) is 0 Å². The van der Waals surface area contributed by atoms with Gasteiger partial charge in [0.25, 0.3) is 0 Å². The second-order valence-corrected chi connectivity index (χ2v) is 8.41. The van der Waals surface area contributed by atoms with Crippen LogP contribution in [0.15, 0.2) is 23.2 Å². The van der Waals surface area contributed by atoms with Gasteiger partial charge in [-0.1, -0.05) is 29.3 Å². The molecule has 6 nitrogen and oxygen atoms in total. The predicted molar refractivity (Wildman–Crippen MR) is 116 cm³/mol. The van der Waals surface area contributed by atoms with Crippen LogP contribution in [-0.2, 0) is 9.84 Å². The van der Waals surface area contributed by atoms with Crippen molar-refractivity contribution in [3.05, 3.63) is 28.2 Å². The van der Waals surface area contributed by atoms with Crippen molar-refractivity contribution in [1.29, 1.82) is 0 Å². The summed E-state index contributed by atoms with van der Waals surface area (Å²) in [5, 5.41) is 7.05. The third kappa shape index (κ3) is 10.3. The summed E-state index contributed by atoms with van der Waals surface area (Å²) in [5.41, 5.74) is 0. The molecule has 0 bridgehead atoms. The molecule has 0 aliphatic carbocycles. The molecule has 0 spiro atoms. The number of sulfone groups is 1. The maximum absolute atomic E-state index is 11.2. The van der Waals surface area contributed by atoms with E-state index < -0.39 is 9.84 Å². The van der Waals surface area contributed by atoms with Gasteiger partial charge in [-0.25, -0.2) is 8.42 Å². The molecule has 2 N–H and O–H groups in total. The number of guanidine groups is 1. The highest BCUT2D eigenvalue weighted by atomic mass is 127. The van der Waals surface area contributed by atoms with E-state index >= 15 is 0 Å². The molecule has 1 atom stereocenters. The molecule has 0 aliphatic rings. The first-order valence-electron chi connectivity index (χ1n) is 7.44. The highest BCUT2D eigenvalue weighted by Gasteiger charge is 2.09. The Morgan fingerprint density at radius 3 is 2.64 bits per heavy atom. The lowest BCUT2D eigenvalue weighted by Gasteiger charge is -2.18. The van der Waals surface area contributed by atoms with Crippen LogP contribution in [0.4, 0.5) is 0 Å². The zero-order valence-corrected chi connectivity index (χ0v) is 19.0. The van der Waals surface area contributed by atoms with Crippen LogP contribution in [0.1, 0.15) is 13.3 Å². The Morgan fingerprint density at radius 1 is 1.36 bits per heavy atom. The molecule has 0 heterocycles. The van der Waals surface area contributed by atoms with Crippen LogP contribution in [0.5, 0.6) is 5.75 Å². The fraction of sp³-hybridized carbons (Fsp3) is 0.533. The zero-order valence-electron chi connectivity index (χ0n) is 14.4. The number of nitrogens with zero attached hydrogens (tertiary/aromatic N) is 1. The molecule has 0 amide bonds. The molecular formula is C15H24Cl2IN3O3S. The molecule has 25 heavy (non-hydrogen) atoms. The van der Waals surface area contributed by atoms with Gasteiger partial charge in [0.1, 0.15) is 27.2 Å². The largest absolute Gasteiger partial charge is 0.490 e. The Bertz CT molecular complexity index is 672. The summed E-state index contributed by atoms with van der Waals surface area (Å²) in [5.74, 6) is 1.24. The van der Waals surface area contributed by atoms with E-state index in [2.05, 4.69) is 15.6 Å². The van der Waals surface area contributed by atoms with Gasteiger partial charge in [0.05, 0.1) is 17.3 Å². The minimum atomic E-state index is -2.96. The van der Waals surface area contributed by atoms with Gasteiger partial charge in [0, 0.05) is 19.3 Å². The van der Waals surface area contributed by atoms with E-state index in [9.17, 15) is 8.42 Å². The topological polar surface area (TPSA) is 79.8 Å².